The van der Waals surface area contributed by atoms with Crippen LogP contribution in [0.4, 0.5) is 0 Å². The van der Waals surface area contributed by atoms with Crippen LogP contribution in [-0.4, -0.2) is 0 Å². The molecule has 0 saturated heterocycles. The zero-order valence-electron chi connectivity index (χ0n) is 11.4. The maximum absolute atomic E-state index is 6.30. The van der Waals surface area contributed by atoms with E-state index < -0.39 is 5.79 Å². The number of hydrogen-bond donors (Lipinski definition) is 0. The highest BCUT2D eigenvalue weighted by molar-refractivity contribution is 9.10. The molecule has 0 N–H and O–H groups in total. The predicted molar refractivity (Wildman–Crippen MR) is 86.1 cm³/mol. The van der Waals surface area contributed by atoms with Gasteiger partial charge in [0, 0.05) is 17.0 Å². The molecule has 108 valence electrons. The van der Waals surface area contributed by atoms with Crippen molar-refractivity contribution in [3.05, 3.63) is 57.0 Å². The van der Waals surface area contributed by atoms with Gasteiger partial charge in [-0.1, -0.05) is 17.7 Å². The molecular formula is C17H14BrClO2. The van der Waals surface area contributed by atoms with Crippen LogP contribution >= 0.6 is 27.5 Å². The summed E-state index contributed by atoms with van der Waals surface area (Å²) in [7, 11) is 0. The molecule has 1 spiro atoms. The number of para-hydroxylation sites is 1. The molecule has 21 heavy (non-hydrogen) atoms. The van der Waals surface area contributed by atoms with Crippen LogP contribution < -0.4 is 9.47 Å². The molecule has 0 aromatic heterocycles. The fourth-order valence-corrected chi connectivity index (χ4v) is 3.82. The van der Waals surface area contributed by atoms with Crippen LogP contribution in [-0.2, 0) is 12.2 Å². The number of halogens is 2. The fraction of sp³-hybridized carbons (Fsp3) is 0.294. The molecule has 2 aromatic carbocycles. The average molecular weight is 366 g/mol. The highest BCUT2D eigenvalue weighted by Gasteiger charge is 2.46. The molecule has 1 aliphatic carbocycles. The third-order valence-corrected chi connectivity index (χ3v) is 5.01. The molecule has 2 aromatic rings. The molecule has 4 heteroatoms. The molecular weight excluding hydrogens is 352 g/mol. The lowest BCUT2D eigenvalue weighted by atomic mass is 9.98. The number of hydrogen-bond acceptors (Lipinski definition) is 2. The van der Waals surface area contributed by atoms with Crippen molar-refractivity contribution in [1.82, 2.24) is 0 Å². The van der Waals surface area contributed by atoms with Crippen molar-refractivity contribution in [3.63, 3.8) is 0 Å². The highest BCUT2D eigenvalue weighted by atomic mass is 79.9. The second kappa shape index (κ2) is 4.92. The molecule has 0 amide bonds. The van der Waals surface area contributed by atoms with Gasteiger partial charge < -0.3 is 9.47 Å². The van der Waals surface area contributed by atoms with Crippen LogP contribution in [0.25, 0.3) is 0 Å². The first-order valence-electron chi connectivity index (χ1n) is 7.13. The van der Waals surface area contributed by atoms with E-state index >= 15 is 0 Å². The summed E-state index contributed by atoms with van der Waals surface area (Å²) in [5.74, 6) is 0.885. The second-order valence-corrected chi connectivity index (χ2v) is 6.82. The molecule has 1 atom stereocenters. The number of aryl methyl sites for hydroxylation is 1. The predicted octanol–water partition coefficient (Wildman–Crippen LogP) is 5.45. The van der Waals surface area contributed by atoms with Gasteiger partial charge in [0.05, 0.1) is 4.47 Å². The largest absolute Gasteiger partial charge is 0.444 e. The van der Waals surface area contributed by atoms with Crippen LogP contribution in [0, 0.1) is 0 Å². The van der Waals surface area contributed by atoms with Gasteiger partial charge in [-0.25, -0.2) is 0 Å². The molecule has 0 bridgehead atoms. The number of rotatable bonds is 0. The zero-order valence-corrected chi connectivity index (χ0v) is 13.7. The van der Waals surface area contributed by atoms with Crippen molar-refractivity contribution in [2.45, 2.75) is 31.5 Å². The summed E-state index contributed by atoms with van der Waals surface area (Å²) >= 11 is 9.69. The van der Waals surface area contributed by atoms with Crippen molar-refractivity contribution < 1.29 is 9.47 Å². The normalized spacial score (nSPS) is 23.0. The van der Waals surface area contributed by atoms with Crippen LogP contribution in [0.5, 0.6) is 11.5 Å². The van der Waals surface area contributed by atoms with Crippen molar-refractivity contribution in [1.29, 1.82) is 0 Å². The first-order chi connectivity index (χ1) is 10.2. The molecule has 0 radical (unpaired) electrons. The van der Waals surface area contributed by atoms with Gasteiger partial charge >= 0.3 is 0 Å². The van der Waals surface area contributed by atoms with Crippen LogP contribution in [0.1, 0.15) is 30.4 Å². The number of ether oxygens (including phenoxy) is 2. The first kappa shape index (κ1) is 13.5. The van der Waals surface area contributed by atoms with E-state index in [1.54, 1.807) is 0 Å². The molecule has 4 rings (SSSR count). The minimum atomic E-state index is -0.706. The smallest absolute Gasteiger partial charge is 0.278 e. The van der Waals surface area contributed by atoms with Gasteiger partial charge in [-0.15, -0.1) is 0 Å². The van der Waals surface area contributed by atoms with E-state index in [1.807, 2.05) is 36.4 Å². The van der Waals surface area contributed by atoms with E-state index in [2.05, 4.69) is 15.9 Å². The van der Waals surface area contributed by atoms with Gasteiger partial charge in [0.1, 0.15) is 0 Å². The quantitative estimate of drug-likeness (QED) is 0.618. The lowest BCUT2D eigenvalue weighted by Gasteiger charge is -2.28. The molecule has 2 aliphatic rings. The third-order valence-electron chi connectivity index (χ3n) is 4.15. The van der Waals surface area contributed by atoms with Gasteiger partial charge in [-0.05, 0) is 71.1 Å². The van der Waals surface area contributed by atoms with E-state index in [-0.39, 0.29) is 0 Å². The van der Waals surface area contributed by atoms with Crippen molar-refractivity contribution in [2.24, 2.45) is 0 Å². The van der Waals surface area contributed by atoms with Gasteiger partial charge in [-0.3, -0.25) is 0 Å². The summed E-state index contributed by atoms with van der Waals surface area (Å²) in [4.78, 5) is 0. The van der Waals surface area contributed by atoms with E-state index in [9.17, 15) is 0 Å². The van der Waals surface area contributed by atoms with E-state index in [0.717, 1.165) is 52.2 Å². The van der Waals surface area contributed by atoms with Gasteiger partial charge in [-0.2, -0.15) is 0 Å². The Hall–Kier alpha value is -1.19. The van der Waals surface area contributed by atoms with Crippen LogP contribution in [0.2, 0.25) is 5.02 Å². The molecule has 0 fully saturated rings. The fourth-order valence-electron chi connectivity index (χ4n) is 3.19. The molecule has 0 saturated carbocycles. The van der Waals surface area contributed by atoms with Crippen molar-refractivity contribution in [2.75, 3.05) is 0 Å². The maximum atomic E-state index is 6.30. The summed E-state index contributed by atoms with van der Waals surface area (Å²) < 4.78 is 13.5. The maximum Gasteiger partial charge on any atom is 0.278 e. The number of benzene rings is 2. The van der Waals surface area contributed by atoms with E-state index in [0.29, 0.717) is 0 Å². The third kappa shape index (κ3) is 2.14. The van der Waals surface area contributed by atoms with E-state index in [4.69, 9.17) is 21.1 Å². The first-order valence-corrected chi connectivity index (χ1v) is 8.30. The second-order valence-electron chi connectivity index (χ2n) is 5.53. The van der Waals surface area contributed by atoms with Crippen LogP contribution in [0.15, 0.2) is 40.9 Å². The topological polar surface area (TPSA) is 18.5 Å². The Bertz CT molecular complexity index is 716. The Balaban J connectivity index is 1.85. The summed E-state index contributed by atoms with van der Waals surface area (Å²) in [6, 6.07) is 11.9. The average Bonchev–Trinajstić information content (AvgIpc) is 2.76. The summed E-state index contributed by atoms with van der Waals surface area (Å²) in [6.07, 6.45) is 4.06. The zero-order chi connectivity index (χ0) is 14.4. The summed E-state index contributed by atoms with van der Waals surface area (Å²) in [6.45, 7) is 0. The van der Waals surface area contributed by atoms with Gasteiger partial charge in [0.25, 0.3) is 5.79 Å². The summed E-state index contributed by atoms with van der Waals surface area (Å²) in [5.41, 5.74) is 2.33. The van der Waals surface area contributed by atoms with Crippen molar-refractivity contribution in [3.8, 4) is 11.5 Å². The minimum absolute atomic E-state index is 0.706. The Morgan fingerprint density at radius 3 is 2.86 bits per heavy atom. The highest BCUT2D eigenvalue weighted by Crippen LogP contribution is 2.51. The monoisotopic (exact) mass is 364 g/mol. The van der Waals surface area contributed by atoms with Crippen LogP contribution in [0.3, 0.4) is 0 Å². The Morgan fingerprint density at radius 2 is 2.00 bits per heavy atom. The molecule has 1 heterocycles. The minimum Gasteiger partial charge on any atom is -0.444 e. The molecule has 1 aliphatic heterocycles. The SMILES string of the molecule is Clc1ccc2c(c1)CCCCC21Oc2cccc(Br)c2O1. The standard InChI is InChI=1S/C17H14BrClO2/c18-14-5-3-6-15-16(14)21-17(20-15)9-2-1-4-11-10-12(19)7-8-13(11)17/h3,5-8,10H,1-2,4,9H2. The molecule has 1 unspecified atom stereocenters. The van der Waals surface area contributed by atoms with E-state index in [1.165, 1.54) is 5.56 Å². The lowest BCUT2D eigenvalue weighted by Crippen LogP contribution is -2.35. The lowest BCUT2D eigenvalue weighted by molar-refractivity contribution is -0.0934. The molecule has 2 nitrogen and oxygen atoms in total. The number of fused-ring (bicyclic) bond motifs is 3. The Kier molecular flexibility index (Phi) is 3.16. The summed E-state index contributed by atoms with van der Waals surface area (Å²) in [5, 5.41) is 0.766. The van der Waals surface area contributed by atoms with Gasteiger partial charge in [0.2, 0.25) is 0 Å². The Morgan fingerprint density at radius 1 is 1.10 bits per heavy atom. The Labute approximate surface area is 137 Å². The van der Waals surface area contributed by atoms with Gasteiger partial charge in [0.15, 0.2) is 11.5 Å². The van der Waals surface area contributed by atoms with Crippen molar-refractivity contribution >= 4 is 27.5 Å².